The van der Waals surface area contributed by atoms with Crippen LogP contribution in [0.4, 0.5) is 0 Å². The van der Waals surface area contributed by atoms with Crippen LogP contribution in [0.25, 0.3) is 0 Å². The molecule has 0 radical (unpaired) electrons. The molecule has 25 heavy (non-hydrogen) atoms. The highest BCUT2D eigenvalue weighted by Crippen LogP contribution is 2.50. The van der Waals surface area contributed by atoms with E-state index in [9.17, 15) is 15.0 Å². The molecule has 1 saturated heterocycles. The number of carbonyl (C=O) groups is 1. The van der Waals surface area contributed by atoms with Gasteiger partial charge in [0.25, 0.3) is 0 Å². The van der Waals surface area contributed by atoms with E-state index in [0.29, 0.717) is 19.5 Å². The molecule has 1 aliphatic heterocycles. The van der Waals surface area contributed by atoms with Crippen molar-refractivity contribution in [2.75, 3.05) is 26.8 Å². The van der Waals surface area contributed by atoms with Crippen LogP contribution >= 0.6 is 0 Å². The van der Waals surface area contributed by atoms with E-state index < -0.39 is 16.9 Å². The number of benzene rings is 1. The van der Waals surface area contributed by atoms with Crippen LogP contribution in [-0.2, 0) is 10.2 Å². The predicted octanol–water partition coefficient (Wildman–Crippen LogP) is 2.10. The Bertz CT molecular complexity index is 611. The zero-order valence-electron chi connectivity index (χ0n) is 15.2. The minimum Gasteiger partial charge on any atom is -0.497 e. The second kappa shape index (κ2) is 6.96. The molecule has 2 atom stereocenters. The smallest absolute Gasteiger partial charge is 0.233 e. The molecule has 0 spiro atoms. The summed E-state index contributed by atoms with van der Waals surface area (Å²) < 4.78 is 5.20. The maximum atomic E-state index is 13.2. The van der Waals surface area contributed by atoms with Crippen LogP contribution in [0.1, 0.15) is 44.6 Å². The Labute approximate surface area is 149 Å². The highest BCUT2D eigenvalue weighted by Gasteiger charge is 2.54. The SMILES string of the molecule is CCC[C@]1(CO)CCN(C(=O)C2(c3ccc(OC)cc3)CC2)C[C@@H]1O. The largest absolute Gasteiger partial charge is 0.497 e. The van der Waals surface area contributed by atoms with Crippen molar-refractivity contribution in [3.8, 4) is 5.75 Å². The minimum atomic E-state index is -0.665. The topological polar surface area (TPSA) is 70.0 Å². The molecular weight excluding hydrogens is 318 g/mol. The van der Waals surface area contributed by atoms with E-state index in [2.05, 4.69) is 6.92 Å². The molecule has 138 valence electrons. The van der Waals surface area contributed by atoms with Gasteiger partial charge in [0.15, 0.2) is 0 Å². The van der Waals surface area contributed by atoms with Crippen LogP contribution in [0.15, 0.2) is 24.3 Å². The van der Waals surface area contributed by atoms with Crippen LogP contribution in [0.2, 0.25) is 0 Å². The fourth-order valence-corrected chi connectivity index (χ4v) is 4.22. The second-order valence-electron chi connectivity index (χ2n) is 7.60. The molecule has 1 aromatic rings. The number of β-amino-alcohol motifs (C(OH)–C–C–N with tert-alkyl or cyclic N) is 1. The van der Waals surface area contributed by atoms with Crippen molar-refractivity contribution in [1.82, 2.24) is 4.90 Å². The lowest BCUT2D eigenvalue weighted by Crippen LogP contribution is -2.56. The Hall–Kier alpha value is -1.59. The number of aliphatic hydroxyl groups excluding tert-OH is 2. The summed E-state index contributed by atoms with van der Waals surface area (Å²) in [6, 6.07) is 7.73. The first kappa shape index (κ1) is 18.2. The molecule has 5 nitrogen and oxygen atoms in total. The van der Waals surface area contributed by atoms with E-state index in [-0.39, 0.29) is 12.5 Å². The molecule has 0 bridgehead atoms. The summed E-state index contributed by atoms with van der Waals surface area (Å²) in [5.41, 5.74) is 0.138. The number of piperidine rings is 1. The average Bonchev–Trinajstić information content (AvgIpc) is 3.45. The number of nitrogens with zero attached hydrogens (tertiary/aromatic N) is 1. The van der Waals surface area contributed by atoms with Gasteiger partial charge in [-0.3, -0.25) is 4.79 Å². The fourth-order valence-electron chi connectivity index (χ4n) is 4.22. The van der Waals surface area contributed by atoms with Gasteiger partial charge in [-0.1, -0.05) is 25.5 Å². The third-order valence-electron chi connectivity index (χ3n) is 6.13. The summed E-state index contributed by atoms with van der Waals surface area (Å²) in [5, 5.41) is 20.4. The maximum absolute atomic E-state index is 13.2. The summed E-state index contributed by atoms with van der Waals surface area (Å²) in [4.78, 5) is 15.0. The molecule has 1 heterocycles. The van der Waals surface area contributed by atoms with Gasteiger partial charge >= 0.3 is 0 Å². The Balaban J connectivity index is 1.73. The average molecular weight is 347 g/mol. The lowest BCUT2D eigenvalue weighted by molar-refractivity contribution is -0.144. The summed E-state index contributed by atoms with van der Waals surface area (Å²) in [6.07, 6.45) is 3.40. The molecule has 1 aliphatic carbocycles. The van der Waals surface area contributed by atoms with Crippen molar-refractivity contribution in [2.45, 2.75) is 50.5 Å². The van der Waals surface area contributed by atoms with E-state index in [0.717, 1.165) is 37.0 Å². The van der Waals surface area contributed by atoms with Gasteiger partial charge < -0.3 is 19.8 Å². The Morgan fingerprint density at radius 2 is 1.96 bits per heavy atom. The normalized spacial score (nSPS) is 27.8. The van der Waals surface area contributed by atoms with E-state index in [4.69, 9.17) is 4.74 Å². The van der Waals surface area contributed by atoms with Crippen LogP contribution in [0, 0.1) is 5.41 Å². The van der Waals surface area contributed by atoms with Crippen molar-refractivity contribution in [2.24, 2.45) is 5.41 Å². The quantitative estimate of drug-likeness (QED) is 0.827. The van der Waals surface area contributed by atoms with Crippen molar-refractivity contribution < 1.29 is 19.7 Å². The third kappa shape index (κ3) is 3.15. The molecule has 1 amide bonds. The predicted molar refractivity (Wildman–Crippen MR) is 95.5 cm³/mol. The van der Waals surface area contributed by atoms with E-state index >= 15 is 0 Å². The molecule has 1 saturated carbocycles. The number of likely N-dealkylation sites (tertiary alicyclic amines) is 1. The second-order valence-corrected chi connectivity index (χ2v) is 7.60. The zero-order valence-corrected chi connectivity index (χ0v) is 15.2. The van der Waals surface area contributed by atoms with Crippen LogP contribution in [0.3, 0.4) is 0 Å². The van der Waals surface area contributed by atoms with Gasteiger partial charge in [0.1, 0.15) is 5.75 Å². The first-order chi connectivity index (χ1) is 12.0. The van der Waals surface area contributed by atoms with E-state index in [1.54, 1.807) is 12.0 Å². The van der Waals surface area contributed by atoms with Gasteiger partial charge in [-0.15, -0.1) is 0 Å². The third-order valence-corrected chi connectivity index (χ3v) is 6.13. The number of aliphatic hydroxyl groups is 2. The highest BCUT2D eigenvalue weighted by atomic mass is 16.5. The molecule has 2 N–H and O–H groups in total. The van der Waals surface area contributed by atoms with E-state index in [1.165, 1.54) is 0 Å². The van der Waals surface area contributed by atoms with Crippen LogP contribution < -0.4 is 4.74 Å². The Morgan fingerprint density at radius 3 is 2.44 bits per heavy atom. The van der Waals surface area contributed by atoms with Gasteiger partial charge in [0.05, 0.1) is 25.2 Å². The first-order valence-electron chi connectivity index (χ1n) is 9.24. The van der Waals surface area contributed by atoms with Crippen molar-refractivity contribution in [3.05, 3.63) is 29.8 Å². The lowest BCUT2D eigenvalue weighted by atomic mass is 9.73. The zero-order chi connectivity index (χ0) is 18.1. The number of amides is 1. The molecule has 3 rings (SSSR count). The number of ether oxygens (including phenoxy) is 1. The molecule has 5 heteroatoms. The van der Waals surface area contributed by atoms with Crippen molar-refractivity contribution >= 4 is 5.91 Å². The number of methoxy groups -OCH3 is 1. The molecule has 0 aromatic heterocycles. The molecule has 2 aliphatic rings. The number of carbonyl (C=O) groups excluding carboxylic acids is 1. The highest BCUT2D eigenvalue weighted by molar-refractivity contribution is 5.91. The minimum absolute atomic E-state index is 0.0202. The Morgan fingerprint density at radius 1 is 1.28 bits per heavy atom. The van der Waals surface area contributed by atoms with Crippen molar-refractivity contribution in [3.63, 3.8) is 0 Å². The number of hydrogen-bond acceptors (Lipinski definition) is 4. The molecule has 0 unspecified atom stereocenters. The van der Waals surface area contributed by atoms with Gasteiger partial charge in [-0.25, -0.2) is 0 Å². The fraction of sp³-hybridized carbons (Fsp3) is 0.650. The maximum Gasteiger partial charge on any atom is 0.233 e. The van der Waals surface area contributed by atoms with Crippen molar-refractivity contribution in [1.29, 1.82) is 0 Å². The van der Waals surface area contributed by atoms with Gasteiger partial charge in [0.2, 0.25) is 5.91 Å². The Kier molecular flexibility index (Phi) is 5.07. The summed E-state index contributed by atoms with van der Waals surface area (Å²) >= 11 is 0. The van der Waals surface area contributed by atoms with Gasteiger partial charge in [-0.05, 0) is 43.4 Å². The summed E-state index contributed by atoms with van der Waals surface area (Å²) in [7, 11) is 1.63. The lowest BCUT2D eigenvalue weighted by Gasteiger charge is -2.45. The van der Waals surface area contributed by atoms with Gasteiger partial charge in [-0.2, -0.15) is 0 Å². The first-order valence-corrected chi connectivity index (χ1v) is 9.24. The number of hydrogen-bond donors (Lipinski definition) is 2. The van der Waals surface area contributed by atoms with E-state index in [1.807, 2.05) is 24.3 Å². The summed E-state index contributed by atoms with van der Waals surface area (Å²) in [5.74, 6) is 0.896. The molecular formula is C20H29NO4. The van der Waals surface area contributed by atoms with Crippen LogP contribution in [0.5, 0.6) is 5.75 Å². The summed E-state index contributed by atoms with van der Waals surface area (Å²) in [6.45, 7) is 2.96. The monoisotopic (exact) mass is 347 g/mol. The standard InChI is InChI=1S/C20H29NO4/c1-3-8-19(14-22)11-12-21(13-17(19)23)18(24)20(9-10-20)15-4-6-16(25-2)7-5-15/h4-7,17,22-23H,3,8-14H2,1-2H3/t17-,19+/m0/s1. The molecule has 2 fully saturated rings. The number of rotatable bonds is 6. The molecule has 1 aromatic carbocycles. The van der Waals surface area contributed by atoms with Gasteiger partial charge in [0, 0.05) is 18.5 Å². The van der Waals surface area contributed by atoms with Crippen LogP contribution in [-0.4, -0.2) is 53.9 Å².